The van der Waals surface area contributed by atoms with Gasteiger partial charge in [-0.1, -0.05) is 37.3 Å². The Morgan fingerprint density at radius 3 is 2.37 bits per heavy atom. The van der Waals surface area contributed by atoms with Gasteiger partial charge in [0.1, 0.15) is 11.9 Å². The molecule has 2 rings (SSSR count). The van der Waals surface area contributed by atoms with Gasteiger partial charge in [0.25, 0.3) is 0 Å². The fourth-order valence-corrected chi connectivity index (χ4v) is 3.65. The molecule has 4 nitrogen and oxygen atoms in total. The highest BCUT2D eigenvalue weighted by Gasteiger charge is 2.27. The summed E-state index contributed by atoms with van der Waals surface area (Å²) in [5, 5.41) is 2.63. The molecule has 0 heterocycles. The van der Waals surface area contributed by atoms with Gasteiger partial charge in [0, 0.05) is 30.7 Å². The average molecular weight is 389 g/mol. The second-order valence-corrected chi connectivity index (χ2v) is 7.27. The maximum absolute atomic E-state index is 13.2. The van der Waals surface area contributed by atoms with Crippen molar-refractivity contribution in [3.8, 4) is 0 Å². The third kappa shape index (κ3) is 6.40. The van der Waals surface area contributed by atoms with E-state index in [-0.39, 0.29) is 24.2 Å². The van der Waals surface area contributed by atoms with Crippen molar-refractivity contribution in [1.82, 2.24) is 10.2 Å². The molecule has 27 heavy (non-hydrogen) atoms. The number of carbonyl (C=O) groups excluding carboxylic acids is 2. The van der Waals surface area contributed by atoms with Crippen LogP contribution in [0, 0.1) is 5.82 Å². The maximum Gasteiger partial charge on any atom is 0.242 e. The lowest BCUT2D eigenvalue weighted by Crippen LogP contribution is -2.48. The second kappa shape index (κ2) is 10.7. The number of halogens is 1. The molecule has 0 aliphatic carbocycles. The van der Waals surface area contributed by atoms with Crippen molar-refractivity contribution >= 4 is 23.6 Å². The highest BCUT2D eigenvalue weighted by atomic mass is 32.2. The second-order valence-electron chi connectivity index (χ2n) is 6.10. The van der Waals surface area contributed by atoms with Crippen molar-refractivity contribution in [2.24, 2.45) is 0 Å². The monoisotopic (exact) mass is 388 g/mol. The van der Waals surface area contributed by atoms with E-state index in [4.69, 9.17) is 0 Å². The summed E-state index contributed by atoms with van der Waals surface area (Å²) >= 11 is 1.61. The Bertz CT molecular complexity index is 738. The van der Waals surface area contributed by atoms with E-state index < -0.39 is 6.04 Å². The minimum absolute atomic E-state index is 0.0850. The number of amides is 2. The highest BCUT2D eigenvalue weighted by molar-refractivity contribution is 7.99. The van der Waals surface area contributed by atoms with Gasteiger partial charge >= 0.3 is 0 Å². The van der Waals surface area contributed by atoms with E-state index in [1.54, 1.807) is 35.8 Å². The van der Waals surface area contributed by atoms with Gasteiger partial charge in [0.15, 0.2) is 0 Å². The quantitative estimate of drug-likeness (QED) is 0.664. The first-order valence-corrected chi connectivity index (χ1v) is 9.97. The number of hydrogen-bond donors (Lipinski definition) is 1. The van der Waals surface area contributed by atoms with Crippen LogP contribution < -0.4 is 5.32 Å². The van der Waals surface area contributed by atoms with Crippen molar-refractivity contribution in [2.45, 2.75) is 37.2 Å². The van der Waals surface area contributed by atoms with Gasteiger partial charge in [0.2, 0.25) is 11.8 Å². The van der Waals surface area contributed by atoms with Crippen molar-refractivity contribution in [2.75, 3.05) is 12.8 Å². The molecule has 0 saturated heterocycles. The van der Waals surface area contributed by atoms with Gasteiger partial charge in [-0.3, -0.25) is 9.59 Å². The standard InChI is InChI=1S/C21H25FN2O2S/c1-3-19(21(26)23-2)24(15-16-9-11-17(22)12-10-16)20(25)13-14-27-18-7-5-4-6-8-18/h4-12,19H,3,13-15H2,1-2H3,(H,23,26)/t19-/m1/s1. The van der Waals surface area contributed by atoms with E-state index in [0.717, 1.165) is 10.5 Å². The lowest BCUT2D eigenvalue weighted by atomic mass is 10.1. The lowest BCUT2D eigenvalue weighted by molar-refractivity contribution is -0.140. The molecule has 2 aromatic carbocycles. The highest BCUT2D eigenvalue weighted by Crippen LogP contribution is 2.20. The molecule has 0 fully saturated rings. The SMILES string of the molecule is CC[C@H](C(=O)NC)N(Cc1ccc(F)cc1)C(=O)CCSc1ccccc1. The number of carbonyl (C=O) groups is 2. The van der Waals surface area contributed by atoms with Gasteiger partial charge in [-0.05, 0) is 36.2 Å². The zero-order chi connectivity index (χ0) is 19.6. The Morgan fingerprint density at radius 2 is 1.78 bits per heavy atom. The molecule has 0 spiro atoms. The van der Waals surface area contributed by atoms with E-state index in [1.807, 2.05) is 37.3 Å². The predicted octanol–water partition coefficient (Wildman–Crippen LogP) is 3.86. The molecule has 0 aliphatic rings. The number of benzene rings is 2. The molecule has 1 N–H and O–H groups in total. The lowest BCUT2D eigenvalue weighted by Gasteiger charge is -2.30. The first-order valence-electron chi connectivity index (χ1n) is 8.98. The van der Waals surface area contributed by atoms with Crippen LogP contribution in [0.25, 0.3) is 0 Å². The third-order valence-electron chi connectivity index (χ3n) is 4.23. The topological polar surface area (TPSA) is 49.4 Å². The maximum atomic E-state index is 13.2. The van der Waals surface area contributed by atoms with Crippen LogP contribution in [0.1, 0.15) is 25.3 Å². The first-order chi connectivity index (χ1) is 13.0. The van der Waals surface area contributed by atoms with E-state index in [0.29, 0.717) is 18.6 Å². The molecule has 0 aliphatic heterocycles. The summed E-state index contributed by atoms with van der Waals surface area (Å²) < 4.78 is 13.2. The molecule has 0 radical (unpaired) electrons. The number of thioether (sulfide) groups is 1. The minimum atomic E-state index is -0.547. The van der Waals surface area contributed by atoms with Gasteiger partial charge in [0.05, 0.1) is 0 Å². The molecule has 0 saturated carbocycles. The van der Waals surface area contributed by atoms with E-state index in [1.165, 1.54) is 12.1 Å². The number of hydrogen-bond acceptors (Lipinski definition) is 3. The van der Waals surface area contributed by atoms with Crippen LogP contribution in [-0.4, -0.2) is 35.6 Å². The first kappa shape index (κ1) is 21.0. The normalized spacial score (nSPS) is 11.7. The third-order valence-corrected chi connectivity index (χ3v) is 5.24. The van der Waals surface area contributed by atoms with Crippen LogP contribution in [0.5, 0.6) is 0 Å². The van der Waals surface area contributed by atoms with Crippen LogP contribution in [0.2, 0.25) is 0 Å². The number of rotatable bonds is 9. The fraction of sp³-hybridized carbons (Fsp3) is 0.333. The summed E-state index contributed by atoms with van der Waals surface area (Å²) in [5.41, 5.74) is 0.794. The van der Waals surface area contributed by atoms with Crippen LogP contribution >= 0.6 is 11.8 Å². The minimum Gasteiger partial charge on any atom is -0.357 e. The Labute approximate surface area is 164 Å². The molecule has 1 atom stereocenters. The molecule has 144 valence electrons. The van der Waals surface area contributed by atoms with Crippen molar-refractivity contribution < 1.29 is 14.0 Å². The Balaban J connectivity index is 2.08. The summed E-state index contributed by atoms with van der Waals surface area (Å²) in [7, 11) is 1.57. The largest absolute Gasteiger partial charge is 0.357 e. The summed E-state index contributed by atoms with van der Waals surface area (Å²) in [6.45, 7) is 2.16. The smallest absolute Gasteiger partial charge is 0.242 e. The van der Waals surface area contributed by atoms with Gasteiger partial charge in [-0.25, -0.2) is 4.39 Å². The van der Waals surface area contributed by atoms with E-state index in [9.17, 15) is 14.0 Å². The zero-order valence-electron chi connectivity index (χ0n) is 15.7. The van der Waals surface area contributed by atoms with Gasteiger partial charge in [-0.2, -0.15) is 0 Å². The molecule has 2 amide bonds. The Kier molecular flexibility index (Phi) is 8.33. The van der Waals surface area contributed by atoms with Crippen molar-refractivity contribution in [1.29, 1.82) is 0 Å². The fourth-order valence-electron chi connectivity index (χ4n) is 2.79. The van der Waals surface area contributed by atoms with Crippen LogP contribution in [0.15, 0.2) is 59.5 Å². The molecule has 0 bridgehead atoms. The van der Waals surface area contributed by atoms with E-state index in [2.05, 4.69) is 5.32 Å². The molecule has 2 aromatic rings. The summed E-state index contributed by atoms with van der Waals surface area (Å²) in [6, 6.07) is 15.4. The van der Waals surface area contributed by atoms with Crippen LogP contribution in [0.3, 0.4) is 0 Å². The molecular formula is C21H25FN2O2S. The van der Waals surface area contributed by atoms with Crippen molar-refractivity contribution in [3.05, 3.63) is 66.0 Å². The van der Waals surface area contributed by atoms with Crippen LogP contribution in [-0.2, 0) is 16.1 Å². The molecule has 6 heteroatoms. The molecule has 0 aromatic heterocycles. The van der Waals surface area contributed by atoms with Crippen LogP contribution in [0.4, 0.5) is 4.39 Å². The Morgan fingerprint density at radius 1 is 1.11 bits per heavy atom. The number of nitrogens with one attached hydrogen (secondary N) is 1. The van der Waals surface area contributed by atoms with Gasteiger partial charge in [-0.15, -0.1) is 11.8 Å². The van der Waals surface area contributed by atoms with Crippen molar-refractivity contribution in [3.63, 3.8) is 0 Å². The molecule has 0 unspecified atom stereocenters. The summed E-state index contributed by atoms with van der Waals surface area (Å²) in [6.07, 6.45) is 0.840. The predicted molar refractivity (Wildman–Crippen MR) is 107 cm³/mol. The Hall–Kier alpha value is -2.34. The summed E-state index contributed by atoms with van der Waals surface area (Å²) in [4.78, 5) is 27.8. The number of nitrogens with zero attached hydrogens (tertiary/aromatic N) is 1. The van der Waals surface area contributed by atoms with Gasteiger partial charge < -0.3 is 10.2 Å². The molecular weight excluding hydrogens is 363 g/mol. The zero-order valence-corrected chi connectivity index (χ0v) is 16.5. The van der Waals surface area contributed by atoms with E-state index >= 15 is 0 Å². The summed E-state index contributed by atoms with van der Waals surface area (Å²) in [5.74, 6) is 0.0311. The number of likely N-dealkylation sites (N-methyl/N-ethyl adjacent to an activating group) is 1. The average Bonchev–Trinajstić information content (AvgIpc) is 2.69.